The van der Waals surface area contributed by atoms with Crippen molar-refractivity contribution in [3.05, 3.63) is 59.7 Å². The van der Waals surface area contributed by atoms with Gasteiger partial charge in [0.15, 0.2) is 0 Å². The average molecular weight is 284 g/mol. The lowest BCUT2D eigenvalue weighted by Crippen LogP contribution is -2.11. The highest BCUT2D eigenvalue weighted by atomic mass is 16.5. The molecule has 0 aliphatic rings. The number of aldehydes is 1. The van der Waals surface area contributed by atoms with E-state index in [4.69, 9.17) is 9.47 Å². The Hall–Kier alpha value is -2.62. The molecule has 0 atom stereocenters. The van der Waals surface area contributed by atoms with Gasteiger partial charge >= 0.3 is 5.97 Å². The van der Waals surface area contributed by atoms with Crippen LogP contribution < -0.4 is 9.47 Å². The standard InChI is InChI=1S/C17H16O4/c1-2-11-20-16-6-4-3-5-15(16)17(19)21-14-9-7-13(12-18)8-10-14/h3-10,12H,2,11H2,1H3. The van der Waals surface area contributed by atoms with Crippen molar-refractivity contribution < 1.29 is 19.1 Å². The van der Waals surface area contributed by atoms with Gasteiger partial charge in [-0.1, -0.05) is 19.1 Å². The van der Waals surface area contributed by atoms with Gasteiger partial charge in [0.25, 0.3) is 0 Å². The molecule has 0 saturated heterocycles. The molecule has 0 fully saturated rings. The van der Waals surface area contributed by atoms with Gasteiger partial charge in [-0.25, -0.2) is 4.79 Å². The largest absolute Gasteiger partial charge is 0.493 e. The van der Waals surface area contributed by atoms with E-state index in [0.29, 0.717) is 29.2 Å². The van der Waals surface area contributed by atoms with Gasteiger partial charge < -0.3 is 9.47 Å². The molecule has 0 aliphatic heterocycles. The molecule has 2 aromatic carbocycles. The van der Waals surface area contributed by atoms with Crippen LogP contribution in [-0.4, -0.2) is 18.9 Å². The molecule has 21 heavy (non-hydrogen) atoms. The molecule has 0 aliphatic carbocycles. The maximum Gasteiger partial charge on any atom is 0.347 e. The van der Waals surface area contributed by atoms with Crippen LogP contribution in [0.25, 0.3) is 0 Å². The van der Waals surface area contributed by atoms with Crippen LogP contribution in [0, 0.1) is 0 Å². The monoisotopic (exact) mass is 284 g/mol. The van der Waals surface area contributed by atoms with E-state index in [-0.39, 0.29) is 0 Å². The van der Waals surface area contributed by atoms with Crippen molar-refractivity contribution in [2.24, 2.45) is 0 Å². The fourth-order valence-electron chi connectivity index (χ4n) is 1.75. The minimum Gasteiger partial charge on any atom is -0.493 e. The van der Waals surface area contributed by atoms with Crippen molar-refractivity contribution in [3.8, 4) is 11.5 Å². The fraction of sp³-hybridized carbons (Fsp3) is 0.176. The van der Waals surface area contributed by atoms with Gasteiger partial charge in [-0.15, -0.1) is 0 Å². The second kappa shape index (κ2) is 7.24. The van der Waals surface area contributed by atoms with Crippen LogP contribution in [0.5, 0.6) is 11.5 Å². The molecule has 108 valence electrons. The first-order chi connectivity index (χ1) is 10.2. The Balaban J connectivity index is 2.13. The van der Waals surface area contributed by atoms with Crippen molar-refractivity contribution in [2.45, 2.75) is 13.3 Å². The molecular formula is C17H16O4. The third-order valence-electron chi connectivity index (χ3n) is 2.80. The molecule has 4 nitrogen and oxygen atoms in total. The summed E-state index contributed by atoms with van der Waals surface area (Å²) in [6.07, 6.45) is 1.59. The predicted molar refractivity (Wildman–Crippen MR) is 79.0 cm³/mol. The maximum atomic E-state index is 12.2. The van der Waals surface area contributed by atoms with Crippen LogP contribution in [0.4, 0.5) is 0 Å². The molecule has 0 unspecified atom stereocenters. The average Bonchev–Trinajstić information content (AvgIpc) is 2.54. The summed E-state index contributed by atoms with van der Waals surface area (Å²) in [4.78, 5) is 22.8. The van der Waals surface area contributed by atoms with Crippen molar-refractivity contribution in [1.29, 1.82) is 0 Å². The van der Waals surface area contributed by atoms with Gasteiger partial charge in [-0.05, 0) is 42.8 Å². The molecule has 0 aromatic heterocycles. The third-order valence-corrected chi connectivity index (χ3v) is 2.80. The van der Waals surface area contributed by atoms with E-state index in [2.05, 4.69) is 0 Å². The number of rotatable bonds is 6. The van der Waals surface area contributed by atoms with E-state index in [1.165, 1.54) is 0 Å². The summed E-state index contributed by atoms with van der Waals surface area (Å²) in [5.41, 5.74) is 0.909. The summed E-state index contributed by atoms with van der Waals surface area (Å²) in [5.74, 6) is 0.408. The molecule has 0 spiro atoms. The third kappa shape index (κ3) is 3.92. The first-order valence-electron chi connectivity index (χ1n) is 6.74. The first-order valence-corrected chi connectivity index (χ1v) is 6.74. The number of ether oxygens (including phenoxy) is 2. The van der Waals surface area contributed by atoms with Crippen molar-refractivity contribution in [2.75, 3.05) is 6.61 Å². The number of benzene rings is 2. The number of esters is 1. The van der Waals surface area contributed by atoms with E-state index in [1.807, 2.05) is 6.92 Å². The summed E-state index contributed by atoms with van der Waals surface area (Å²) in [7, 11) is 0. The Labute approximate surface area is 123 Å². The van der Waals surface area contributed by atoms with Crippen LogP contribution in [0.3, 0.4) is 0 Å². The minimum absolute atomic E-state index is 0.380. The van der Waals surface area contributed by atoms with Crippen molar-refractivity contribution in [3.63, 3.8) is 0 Å². The highest BCUT2D eigenvalue weighted by molar-refractivity contribution is 5.94. The van der Waals surface area contributed by atoms with E-state index < -0.39 is 5.97 Å². The molecule has 4 heteroatoms. The van der Waals surface area contributed by atoms with Gasteiger partial charge in [-0.3, -0.25) is 4.79 Å². The zero-order chi connectivity index (χ0) is 15.1. The summed E-state index contributed by atoms with van der Waals surface area (Å²) >= 11 is 0. The zero-order valence-corrected chi connectivity index (χ0v) is 11.7. The van der Waals surface area contributed by atoms with E-state index >= 15 is 0 Å². The summed E-state index contributed by atoms with van der Waals surface area (Å²) < 4.78 is 10.8. The number of hydrogen-bond donors (Lipinski definition) is 0. The van der Waals surface area contributed by atoms with Gasteiger partial charge in [-0.2, -0.15) is 0 Å². The van der Waals surface area contributed by atoms with Gasteiger partial charge in [0.05, 0.1) is 6.61 Å². The number of carbonyl (C=O) groups excluding carboxylic acids is 2. The maximum absolute atomic E-state index is 12.2. The quantitative estimate of drug-likeness (QED) is 0.463. The lowest BCUT2D eigenvalue weighted by atomic mass is 10.2. The molecule has 2 aromatic rings. The molecule has 0 bridgehead atoms. The molecule has 0 heterocycles. The summed E-state index contributed by atoms with van der Waals surface area (Å²) in [6.45, 7) is 2.54. The zero-order valence-electron chi connectivity index (χ0n) is 11.7. The molecule has 0 N–H and O–H groups in total. The Morgan fingerprint density at radius 1 is 1.10 bits per heavy atom. The van der Waals surface area contributed by atoms with Crippen molar-refractivity contribution in [1.82, 2.24) is 0 Å². The lowest BCUT2D eigenvalue weighted by Gasteiger charge is -2.10. The van der Waals surface area contributed by atoms with Crippen molar-refractivity contribution >= 4 is 12.3 Å². The van der Waals surface area contributed by atoms with Crippen LogP contribution in [-0.2, 0) is 0 Å². The number of carbonyl (C=O) groups is 2. The Kier molecular flexibility index (Phi) is 5.10. The molecular weight excluding hydrogens is 268 g/mol. The predicted octanol–water partition coefficient (Wildman–Crippen LogP) is 3.51. The number of para-hydroxylation sites is 1. The molecule has 0 amide bonds. The highest BCUT2D eigenvalue weighted by Gasteiger charge is 2.14. The summed E-state index contributed by atoms with van der Waals surface area (Å²) in [6, 6.07) is 13.3. The minimum atomic E-state index is -0.486. The molecule has 0 radical (unpaired) electrons. The van der Waals surface area contributed by atoms with E-state index in [0.717, 1.165) is 12.7 Å². The smallest absolute Gasteiger partial charge is 0.347 e. The van der Waals surface area contributed by atoms with Crippen LogP contribution in [0.2, 0.25) is 0 Å². The van der Waals surface area contributed by atoms with Crippen LogP contribution >= 0.6 is 0 Å². The van der Waals surface area contributed by atoms with E-state index in [1.54, 1.807) is 48.5 Å². The van der Waals surface area contributed by atoms with Crippen LogP contribution in [0.1, 0.15) is 34.1 Å². The lowest BCUT2D eigenvalue weighted by molar-refractivity contribution is 0.0730. The fourth-order valence-corrected chi connectivity index (χ4v) is 1.75. The molecule has 2 rings (SSSR count). The Morgan fingerprint density at radius 2 is 1.81 bits per heavy atom. The second-order valence-corrected chi connectivity index (χ2v) is 4.42. The second-order valence-electron chi connectivity index (χ2n) is 4.42. The van der Waals surface area contributed by atoms with E-state index in [9.17, 15) is 9.59 Å². The Morgan fingerprint density at radius 3 is 2.48 bits per heavy atom. The molecule has 0 saturated carbocycles. The first kappa shape index (κ1) is 14.8. The highest BCUT2D eigenvalue weighted by Crippen LogP contribution is 2.21. The normalized spacial score (nSPS) is 9.95. The topological polar surface area (TPSA) is 52.6 Å². The van der Waals surface area contributed by atoms with Crippen LogP contribution in [0.15, 0.2) is 48.5 Å². The summed E-state index contributed by atoms with van der Waals surface area (Å²) in [5, 5.41) is 0. The van der Waals surface area contributed by atoms with Gasteiger partial charge in [0, 0.05) is 5.56 Å². The number of hydrogen-bond acceptors (Lipinski definition) is 4. The van der Waals surface area contributed by atoms with Gasteiger partial charge in [0.2, 0.25) is 0 Å². The van der Waals surface area contributed by atoms with Gasteiger partial charge in [0.1, 0.15) is 23.3 Å². The Bertz CT molecular complexity index is 617. The SMILES string of the molecule is CCCOc1ccccc1C(=O)Oc1ccc(C=O)cc1.